The van der Waals surface area contributed by atoms with Crippen LogP contribution in [0, 0.1) is 5.92 Å². The number of nitrogens with one attached hydrogen (secondary N) is 2. The number of hydrogen-bond donors (Lipinski definition) is 2. The third kappa shape index (κ3) is 6.04. The molecule has 0 bridgehead atoms. The number of anilines is 1. The average Bonchev–Trinajstić information content (AvgIpc) is 2.55. The molecule has 5 nitrogen and oxygen atoms in total. The summed E-state index contributed by atoms with van der Waals surface area (Å²) in [6.07, 6.45) is 4.44. The Labute approximate surface area is 149 Å². The van der Waals surface area contributed by atoms with Gasteiger partial charge in [0.1, 0.15) is 5.75 Å². The van der Waals surface area contributed by atoms with Crippen molar-refractivity contribution in [1.29, 1.82) is 0 Å². The first-order valence-corrected chi connectivity index (χ1v) is 8.73. The van der Waals surface area contributed by atoms with Gasteiger partial charge in [-0.15, -0.1) is 0 Å². The van der Waals surface area contributed by atoms with Gasteiger partial charge in [-0.1, -0.05) is 44.7 Å². The van der Waals surface area contributed by atoms with Crippen LogP contribution in [0.2, 0.25) is 5.02 Å². The highest BCUT2D eigenvalue weighted by atomic mass is 35.5. The number of hydrogen-bond acceptors (Lipinski definition) is 3. The number of carbonyl (C=O) groups is 2. The molecule has 0 aliphatic carbocycles. The van der Waals surface area contributed by atoms with Crippen LogP contribution in [-0.2, 0) is 4.79 Å². The van der Waals surface area contributed by atoms with Crippen molar-refractivity contribution >= 4 is 29.1 Å². The summed E-state index contributed by atoms with van der Waals surface area (Å²) in [5.41, 5.74) is 0.786. The molecule has 134 valence electrons. The lowest BCUT2D eigenvalue weighted by molar-refractivity contribution is -0.114. The lowest BCUT2D eigenvalue weighted by atomic mass is 9.99. The molecule has 0 spiro atoms. The number of methoxy groups -OCH3 is 1. The van der Waals surface area contributed by atoms with Crippen LogP contribution in [-0.4, -0.2) is 25.5 Å². The van der Waals surface area contributed by atoms with Crippen LogP contribution in [0.3, 0.4) is 0 Å². The van der Waals surface area contributed by atoms with Gasteiger partial charge in [0.25, 0.3) is 5.91 Å². The van der Waals surface area contributed by atoms with Gasteiger partial charge in [-0.05, 0) is 18.4 Å². The zero-order valence-corrected chi connectivity index (χ0v) is 15.6. The standard InChI is InChI=1S/C18H27ClN2O3/c1-5-7-8-13(6-2)11-20-18(23)14-9-15(19)16(21-12(3)22)10-17(14)24-4/h9-10,13H,5-8,11H2,1-4H3,(H,20,23)(H,21,22). The molecule has 1 aromatic rings. The number of amides is 2. The van der Waals surface area contributed by atoms with E-state index in [0.29, 0.717) is 34.5 Å². The maximum absolute atomic E-state index is 12.5. The maximum atomic E-state index is 12.5. The molecule has 0 fully saturated rings. The number of carbonyl (C=O) groups excluding carboxylic acids is 2. The fourth-order valence-corrected chi connectivity index (χ4v) is 2.67. The van der Waals surface area contributed by atoms with Gasteiger partial charge in [0.2, 0.25) is 5.91 Å². The summed E-state index contributed by atoms with van der Waals surface area (Å²) in [5, 5.41) is 5.87. The Morgan fingerprint density at radius 1 is 1.29 bits per heavy atom. The Morgan fingerprint density at radius 2 is 2.00 bits per heavy atom. The predicted molar refractivity (Wildman–Crippen MR) is 97.9 cm³/mol. The smallest absolute Gasteiger partial charge is 0.255 e. The lowest BCUT2D eigenvalue weighted by Crippen LogP contribution is -2.29. The van der Waals surface area contributed by atoms with E-state index < -0.39 is 0 Å². The quantitative estimate of drug-likeness (QED) is 0.696. The van der Waals surface area contributed by atoms with E-state index in [1.165, 1.54) is 20.1 Å². The molecule has 1 unspecified atom stereocenters. The van der Waals surface area contributed by atoms with Crippen LogP contribution in [0.25, 0.3) is 0 Å². The first-order chi connectivity index (χ1) is 11.4. The third-order valence-corrected chi connectivity index (χ3v) is 4.25. The Balaban J connectivity index is 2.86. The highest BCUT2D eigenvalue weighted by Gasteiger charge is 2.17. The van der Waals surface area contributed by atoms with E-state index in [0.717, 1.165) is 25.7 Å². The Bertz CT molecular complexity index is 576. The Morgan fingerprint density at radius 3 is 2.54 bits per heavy atom. The molecule has 1 aromatic carbocycles. The lowest BCUT2D eigenvalue weighted by Gasteiger charge is -2.17. The van der Waals surface area contributed by atoms with Crippen molar-refractivity contribution in [2.45, 2.75) is 46.5 Å². The van der Waals surface area contributed by atoms with Crippen molar-refractivity contribution in [3.05, 3.63) is 22.7 Å². The molecule has 0 aliphatic rings. The van der Waals surface area contributed by atoms with E-state index in [2.05, 4.69) is 24.5 Å². The number of ether oxygens (including phenoxy) is 1. The summed E-state index contributed by atoms with van der Waals surface area (Å²) in [5.74, 6) is 0.382. The van der Waals surface area contributed by atoms with E-state index in [9.17, 15) is 9.59 Å². The summed E-state index contributed by atoms with van der Waals surface area (Å²) in [4.78, 5) is 23.7. The minimum atomic E-state index is -0.238. The minimum Gasteiger partial charge on any atom is -0.496 e. The Kier molecular flexibility index (Phi) is 8.61. The molecule has 1 rings (SSSR count). The molecule has 6 heteroatoms. The molecule has 24 heavy (non-hydrogen) atoms. The number of benzene rings is 1. The van der Waals surface area contributed by atoms with Crippen molar-refractivity contribution in [2.75, 3.05) is 19.0 Å². The molecule has 0 radical (unpaired) electrons. The SMILES string of the molecule is CCCCC(CC)CNC(=O)c1cc(Cl)c(NC(C)=O)cc1OC. The Hall–Kier alpha value is -1.75. The fourth-order valence-electron chi connectivity index (χ4n) is 2.46. The van der Waals surface area contributed by atoms with Gasteiger partial charge in [-0.3, -0.25) is 9.59 Å². The van der Waals surface area contributed by atoms with Gasteiger partial charge in [0.05, 0.1) is 23.4 Å². The summed E-state index contributed by atoms with van der Waals surface area (Å²) >= 11 is 6.15. The number of rotatable bonds is 9. The van der Waals surface area contributed by atoms with E-state index in [1.807, 2.05) is 0 Å². The van der Waals surface area contributed by atoms with Crippen LogP contribution in [0.15, 0.2) is 12.1 Å². The minimum absolute atomic E-state index is 0.224. The number of halogens is 1. The summed E-state index contributed by atoms with van der Waals surface area (Å²) in [6, 6.07) is 3.08. The molecular formula is C18H27ClN2O3. The average molecular weight is 355 g/mol. The van der Waals surface area contributed by atoms with Gasteiger partial charge in [0, 0.05) is 19.5 Å². The van der Waals surface area contributed by atoms with Crippen LogP contribution < -0.4 is 15.4 Å². The second kappa shape index (κ2) is 10.2. The van der Waals surface area contributed by atoms with E-state index in [1.54, 1.807) is 6.07 Å². The van der Waals surface area contributed by atoms with E-state index >= 15 is 0 Å². The summed E-state index contributed by atoms with van der Waals surface area (Å²) < 4.78 is 5.27. The van der Waals surface area contributed by atoms with Crippen molar-refractivity contribution in [2.24, 2.45) is 5.92 Å². The highest BCUT2D eigenvalue weighted by molar-refractivity contribution is 6.34. The zero-order chi connectivity index (χ0) is 18.1. The number of unbranched alkanes of at least 4 members (excludes halogenated alkanes) is 1. The van der Waals surface area contributed by atoms with Gasteiger partial charge in [-0.2, -0.15) is 0 Å². The van der Waals surface area contributed by atoms with Gasteiger partial charge in [-0.25, -0.2) is 0 Å². The van der Waals surface area contributed by atoms with Crippen LogP contribution in [0.1, 0.15) is 56.8 Å². The van der Waals surface area contributed by atoms with Crippen molar-refractivity contribution < 1.29 is 14.3 Å². The van der Waals surface area contributed by atoms with Gasteiger partial charge >= 0.3 is 0 Å². The van der Waals surface area contributed by atoms with E-state index in [4.69, 9.17) is 16.3 Å². The second-order valence-corrected chi connectivity index (χ2v) is 6.25. The highest BCUT2D eigenvalue weighted by Crippen LogP contribution is 2.31. The predicted octanol–water partition coefficient (Wildman–Crippen LogP) is 4.25. The molecule has 0 aromatic heterocycles. The van der Waals surface area contributed by atoms with Crippen molar-refractivity contribution in [3.63, 3.8) is 0 Å². The van der Waals surface area contributed by atoms with Gasteiger partial charge < -0.3 is 15.4 Å². The van der Waals surface area contributed by atoms with Crippen molar-refractivity contribution in [1.82, 2.24) is 5.32 Å². The molecule has 0 saturated carbocycles. The second-order valence-electron chi connectivity index (χ2n) is 5.84. The summed E-state index contributed by atoms with van der Waals surface area (Å²) in [6.45, 7) is 6.31. The van der Waals surface area contributed by atoms with Gasteiger partial charge in [0.15, 0.2) is 0 Å². The molecule has 0 saturated heterocycles. The third-order valence-electron chi connectivity index (χ3n) is 3.94. The topological polar surface area (TPSA) is 67.4 Å². The normalized spacial score (nSPS) is 11.7. The zero-order valence-electron chi connectivity index (χ0n) is 14.9. The van der Waals surface area contributed by atoms with Crippen LogP contribution >= 0.6 is 11.6 Å². The summed E-state index contributed by atoms with van der Waals surface area (Å²) in [7, 11) is 1.48. The van der Waals surface area contributed by atoms with E-state index in [-0.39, 0.29) is 11.8 Å². The molecule has 2 N–H and O–H groups in total. The monoisotopic (exact) mass is 354 g/mol. The van der Waals surface area contributed by atoms with Crippen LogP contribution in [0.4, 0.5) is 5.69 Å². The first kappa shape index (κ1) is 20.3. The largest absolute Gasteiger partial charge is 0.496 e. The molecular weight excluding hydrogens is 328 g/mol. The molecule has 0 heterocycles. The fraction of sp³-hybridized carbons (Fsp3) is 0.556. The molecule has 1 atom stereocenters. The maximum Gasteiger partial charge on any atom is 0.255 e. The molecule has 0 aliphatic heterocycles. The van der Waals surface area contributed by atoms with Crippen molar-refractivity contribution in [3.8, 4) is 5.75 Å². The molecule has 2 amide bonds. The first-order valence-electron chi connectivity index (χ1n) is 8.36. The van der Waals surface area contributed by atoms with Crippen LogP contribution in [0.5, 0.6) is 5.75 Å².